The van der Waals surface area contributed by atoms with Crippen LogP contribution in [0.25, 0.3) is 22.2 Å². The van der Waals surface area contributed by atoms with Crippen molar-refractivity contribution in [2.24, 2.45) is 0 Å². The molecular formula is C15H11ClF3NO3S. The van der Waals surface area contributed by atoms with Crippen molar-refractivity contribution in [3.8, 4) is 11.3 Å². The Kier molecular flexibility index (Phi) is 5.22. The highest BCUT2D eigenvalue weighted by Crippen LogP contribution is 2.28. The van der Waals surface area contributed by atoms with Crippen molar-refractivity contribution in [3.63, 3.8) is 0 Å². The minimum atomic E-state index is -5.84. The van der Waals surface area contributed by atoms with E-state index in [1.165, 1.54) is 5.56 Å². The molecule has 0 atom stereocenters. The molecule has 1 aromatic heterocycles. The first-order valence-corrected chi connectivity index (χ1v) is 8.28. The summed E-state index contributed by atoms with van der Waals surface area (Å²) < 4.78 is 57.5. The number of benzene rings is 2. The van der Waals surface area contributed by atoms with E-state index in [0.29, 0.717) is 0 Å². The Morgan fingerprint density at radius 2 is 1.58 bits per heavy atom. The van der Waals surface area contributed by atoms with E-state index in [1.54, 1.807) is 0 Å². The lowest BCUT2D eigenvalue weighted by Gasteiger charge is -1.97. The molecule has 128 valence electrons. The third-order valence-corrected chi connectivity index (χ3v) is 3.88. The van der Waals surface area contributed by atoms with Gasteiger partial charge in [-0.15, -0.1) is 0 Å². The zero-order chi connectivity index (χ0) is 18.0. The summed E-state index contributed by atoms with van der Waals surface area (Å²) in [6.07, 6.45) is 0. The highest BCUT2D eigenvalue weighted by molar-refractivity contribution is 7.86. The Bertz CT molecular complexity index is 938. The Morgan fingerprint density at radius 3 is 2.08 bits per heavy atom. The van der Waals surface area contributed by atoms with Gasteiger partial charge in [0.25, 0.3) is 0 Å². The fraction of sp³-hybridized carbons (Fsp3) is 0.0667. The number of aromatic amines is 1. The molecule has 3 rings (SSSR count). The number of rotatable bonds is 1. The molecule has 0 bridgehead atoms. The van der Waals surface area contributed by atoms with Gasteiger partial charge in [-0.1, -0.05) is 54.1 Å². The summed E-state index contributed by atoms with van der Waals surface area (Å²) >= 11 is 6.13. The second kappa shape index (κ2) is 6.84. The van der Waals surface area contributed by atoms with E-state index in [0.717, 1.165) is 21.6 Å². The lowest BCUT2D eigenvalue weighted by Crippen LogP contribution is -2.21. The second-order valence-corrected chi connectivity index (χ2v) is 6.49. The summed E-state index contributed by atoms with van der Waals surface area (Å²) in [5.74, 6) is 0. The van der Waals surface area contributed by atoms with Crippen molar-refractivity contribution < 1.29 is 26.1 Å². The van der Waals surface area contributed by atoms with Crippen molar-refractivity contribution in [1.82, 2.24) is 4.98 Å². The summed E-state index contributed by atoms with van der Waals surface area (Å²) in [5, 5.41) is 1.91. The smallest absolute Gasteiger partial charge is 0.353 e. The lowest BCUT2D eigenvalue weighted by molar-refractivity contribution is -0.0510. The first-order valence-electron chi connectivity index (χ1n) is 6.46. The zero-order valence-electron chi connectivity index (χ0n) is 11.9. The molecule has 2 aromatic carbocycles. The molecule has 2 N–H and O–H groups in total. The van der Waals surface area contributed by atoms with Gasteiger partial charge in [-0.3, -0.25) is 4.55 Å². The molecule has 0 radical (unpaired) electrons. The first-order chi connectivity index (χ1) is 11.1. The second-order valence-electron chi connectivity index (χ2n) is 4.67. The van der Waals surface area contributed by atoms with Crippen LogP contribution in [0.15, 0.2) is 54.6 Å². The van der Waals surface area contributed by atoms with Crippen LogP contribution >= 0.6 is 11.6 Å². The minimum absolute atomic E-state index is 0.764. The number of nitrogens with one attached hydrogen (secondary N) is 1. The highest BCUT2D eigenvalue weighted by atomic mass is 35.5. The number of hydrogen-bond donors (Lipinski definition) is 2. The van der Waals surface area contributed by atoms with Gasteiger partial charge in [-0.05, 0) is 17.7 Å². The van der Waals surface area contributed by atoms with Crippen LogP contribution in [0.3, 0.4) is 0 Å². The lowest BCUT2D eigenvalue weighted by atomic mass is 10.1. The Labute approximate surface area is 140 Å². The van der Waals surface area contributed by atoms with Crippen LogP contribution < -0.4 is 0 Å². The van der Waals surface area contributed by atoms with Gasteiger partial charge in [0.2, 0.25) is 0 Å². The number of aromatic nitrogens is 1. The summed E-state index contributed by atoms with van der Waals surface area (Å²) in [4.78, 5) is 3.35. The molecule has 3 aromatic rings. The van der Waals surface area contributed by atoms with Gasteiger partial charge in [0.15, 0.2) is 0 Å². The van der Waals surface area contributed by atoms with Gasteiger partial charge in [0.1, 0.15) is 0 Å². The largest absolute Gasteiger partial charge is 0.522 e. The van der Waals surface area contributed by atoms with Crippen molar-refractivity contribution in [1.29, 1.82) is 0 Å². The fourth-order valence-electron chi connectivity index (χ4n) is 1.89. The molecule has 0 aliphatic carbocycles. The molecule has 0 saturated carbocycles. The van der Waals surface area contributed by atoms with Gasteiger partial charge in [0, 0.05) is 11.1 Å². The van der Waals surface area contributed by atoms with Crippen molar-refractivity contribution >= 4 is 32.6 Å². The fourth-order valence-corrected chi connectivity index (χ4v) is 2.12. The van der Waals surface area contributed by atoms with Gasteiger partial charge in [-0.25, -0.2) is 0 Å². The average molecular weight is 378 g/mol. The predicted molar refractivity (Wildman–Crippen MR) is 86.3 cm³/mol. The minimum Gasteiger partial charge on any atom is -0.353 e. The van der Waals surface area contributed by atoms with Crippen LogP contribution in [0.5, 0.6) is 0 Å². The summed E-state index contributed by atoms with van der Waals surface area (Å²) in [6.45, 7) is 0. The number of H-pyrrole nitrogens is 1. The Morgan fingerprint density at radius 1 is 1.00 bits per heavy atom. The Hall–Kier alpha value is -2.03. The van der Waals surface area contributed by atoms with E-state index in [4.69, 9.17) is 24.6 Å². The maximum absolute atomic E-state index is 10.7. The van der Waals surface area contributed by atoms with Gasteiger partial charge in [-0.2, -0.15) is 21.6 Å². The van der Waals surface area contributed by atoms with E-state index in [-0.39, 0.29) is 0 Å². The summed E-state index contributed by atoms with van der Waals surface area (Å²) in [5.41, 5.74) is -2.26. The topological polar surface area (TPSA) is 70.2 Å². The van der Waals surface area contributed by atoms with Crippen LogP contribution in [0.4, 0.5) is 13.2 Å². The number of hydrogen-bond acceptors (Lipinski definition) is 2. The number of para-hydroxylation sites is 1. The third kappa shape index (κ3) is 4.28. The van der Waals surface area contributed by atoms with E-state index in [1.807, 2.05) is 30.3 Å². The molecule has 0 aliphatic rings. The zero-order valence-corrected chi connectivity index (χ0v) is 13.5. The first kappa shape index (κ1) is 18.3. The number of alkyl halides is 3. The maximum atomic E-state index is 10.7. The van der Waals surface area contributed by atoms with Crippen LogP contribution in [0, 0.1) is 0 Å². The molecule has 9 heteroatoms. The van der Waals surface area contributed by atoms with Crippen LogP contribution in [-0.2, 0) is 10.1 Å². The van der Waals surface area contributed by atoms with Crippen LogP contribution in [0.1, 0.15) is 0 Å². The SMILES string of the molecule is Clc1cccc2cc(-c3ccccc3)[nH]c12.O=S(=O)(O)C(F)(F)F. The van der Waals surface area contributed by atoms with E-state index < -0.39 is 15.6 Å². The summed E-state index contributed by atoms with van der Waals surface area (Å²) in [7, 11) is -5.84. The highest BCUT2D eigenvalue weighted by Gasteiger charge is 2.44. The molecular weight excluding hydrogens is 367 g/mol. The van der Waals surface area contributed by atoms with E-state index in [2.05, 4.69) is 29.2 Å². The third-order valence-electron chi connectivity index (χ3n) is 2.98. The van der Waals surface area contributed by atoms with Crippen molar-refractivity contribution in [2.45, 2.75) is 5.51 Å². The molecule has 1 heterocycles. The molecule has 0 aliphatic heterocycles. The average Bonchev–Trinajstić information content (AvgIpc) is 2.92. The number of fused-ring (bicyclic) bond motifs is 1. The molecule has 0 saturated heterocycles. The van der Waals surface area contributed by atoms with Crippen LogP contribution in [0.2, 0.25) is 5.02 Å². The molecule has 24 heavy (non-hydrogen) atoms. The molecule has 0 spiro atoms. The van der Waals surface area contributed by atoms with Crippen molar-refractivity contribution in [3.05, 3.63) is 59.6 Å². The monoisotopic (exact) mass is 377 g/mol. The van der Waals surface area contributed by atoms with Crippen molar-refractivity contribution in [2.75, 3.05) is 0 Å². The molecule has 4 nitrogen and oxygen atoms in total. The van der Waals surface area contributed by atoms with Gasteiger partial charge in [0.05, 0.1) is 10.5 Å². The van der Waals surface area contributed by atoms with E-state index in [9.17, 15) is 13.2 Å². The Balaban J connectivity index is 0.000000224. The summed E-state index contributed by atoms with van der Waals surface area (Å²) in [6, 6.07) is 18.3. The van der Waals surface area contributed by atoms with Crippen LogP contribution in [-0.4, -0.2) is 23.5 Å². The van der Waals surface area contributed by atoms with Gasteiger partial charge < -0.3 is 4.98 Å². The van der Waals surface area contributed by atoms with Gasteiger partial charge >= 0.3 is 15.6 Å². The molecule has 0 unspecified atom stereocenters. The van der Waals surface area contributed by atoms with E-state index >= 15 is 0 Å². The maximum Gasteiger partial charge on any atom is 0.522 e. The quantitative estimate of drug-likeness (QED) is 0.469. The normalized spacial score (nSPS) is 11.9. The molecule has 0 fully saturated rings. The molecule has 0 amide bonds. The predicted octanol–water partition coefficient (Wildman–Crippen LogP) is 4.88. The standard InChI is InChI=1S/C14H10ClN.CHF3O3S/c15-12-8-4-7-11-9-13(16-14(11)12)10-5-2-1-3-6-10;2-1(3,4)8(5,6)7/h1-9,16H;(H,5,6,7). The number of halogens is 4.